The number of amides is 1. The van der Waals surface area contributed by atoms with Gasteiger partial charge in [0.2, 0.25) is 0 Å². The number of hydrogen-bond donors (Lipinski definition) is 2. The second-order valence-electron chi connectivity index (χ2n) is 5.88. The number of rotatable bonds is 4. The molecule has 2 unspecified atom stereocenters. The molecule has 1 aliphatic rings. The Kier molecular flexibility index (Phi) is 4.79. The summed E-state index contributed by atoms with van der Waals surface area (Å²) in [6.07, 6.45) is 0.309. The zero-order valence-corrected chi connectivity index (χ0v) is 12.0. The molecule has 1 aliphatic heterocycles. The first-order valence-corrected chi connectivity index (χ1v) is 6.52. The summed E-state index contributed by atoms with van der Waals surface area (Å²) in [6, 6.07) is 0. The molecule has 110 valence electrons. The fourth-order valence-electron chi connectivity index (χ4n) is 2.35. The molecule has 0 radical (unpaired) electrons. The fourth-order valence-corrected chi connectivity index (χ4v) is 2.35. The van der Waals surface area contributed by atoms with E-state index >= 15 is 0 Å². The van der Waals surface area contributed by atoms with Gasteiger partial charge in [0.05, 0.1) is 18.1 Å². The molecule has 1 amide bonds. The maximum Gasteiger partial charge on any atom is 0.408 e. The van der Waals surface area contributed by atoms with E-state index in [-0.39, 0.29) is 6.61 Å². The number of carbonyl (C=O) groups excluding carboxylic acids is 1. The lowest BCUT2D eigenvalue weighted by Gasteiger charge is -2.34. The molecule has 1 heterocycles. The molecule has 0 aromatic carbocycles. The molecule has 0 aliphatic carbocycles. The van der Waals surface area contributed by atoms with E-state index in [4.69, 9.17) is 9.47 Å². The lowest BCUT2D eigenvalue weighted by molar-refractivity contribution is -0.145. The average Bonchev–Trinajstić information content (AvgIpc) is 2.63. The lowest BCUT2D eigenvalue weighted by atomic mass is 9.81. The van der Waals surface area contributed by atoms with Crippen molar-refractivity contribution in [2.45, 2.75) is 51.7 Å². The minimum atomic E-state index is -0.927. The lowest BCUT2D eigenvalue weighted by Crippen LogP contribution is -2.57. The molecule has 0 aromatic heterocycles. The molecule has 0 saturated carbocycles. The van der Waals surface area contributed by atoms with Gasteiger partial charge < -0.3 is 19.9 Å². The summed E-state index contributed by atoms with van der Waals surface area (Å²) in [7, 11) is 0. The van der Waals surface area contributed by atoms with E-state index in [1.54, 1.807) is 27.7 Å². The van der Waals surface area contributed by atoms with Crippen LogP contribution in [-0.2, 0) is 14.3 Å². The van der Waals surface area contributed by atoms with Gasteiger partial charge in [-0.15, -0.1) is 0 Å². The molecule has 2 N–H and O–H groups in total. The highest BCUT2D eigenvalue weighted by atomic mass is 16.6. The van der Waals surface area contributed by atoms with Crippen molar-refractivity contribution in [3.8, 4) is 0 Å². The van der Waals surface area contributed by atoms with Crippen molar-refractivity contribution in [3.05, 3.63) is 0 Å². The SMILES string of the molecule is CCC(C(=O)O)C1(NC(=O)OC(C)(C)C)CCOC1. The Bertz CT molecular complexity index is 341. The molecule has 1 saturated heterocycles. The van der Waals surface area contributed by atoms with Gasteiger partial charge in [-0.2, -0.15) is 0 Å². The Labute approximate surface area is 113 Å². The van der Waals surface area contributed by atoms with Crippen LogP contribution in [0, 0.1) is 5.92 Å². The van der Waals surface area contributed by atoms with Crippen molar-refractivity contribution in [3.63, 3.8) is 0 Å². The first-order chi connectivity index (χ1) is 8.70. The summed E-state index contributed by atoms with van der Waals surface area (Å²) < 4.78 is 10.5. The zero-order chi connectivity index (χ0) is 14.7. The maximum atomic E-state index is 11.9. The minimum absolute atomic E-state index is 0.205. The van der Waals surface area contributed by atoms with Crippen molar-refractivity contribution >= 4 is 12.1 Å². The van der Waals surface area contributed by atoms with Crippen molar-refractivity contribution in [1.29, 1.82) is 0 Å². The van der Waals surface area contributed by atoms with Crippen LogP contribution in [0.15, 0.2) is 0 Å². The monoisotopic (exact) mass is 273 g/mol. The normalized spacial score (nSPS) is 24.8. The van der Waals surface area contributed by atoms with Crippen molar-refractivity contribution in [2.75, 3.05) is 13.2 Å². The Morgan fingerprint density at radius 3 is 2.47 bits per heavy atom. The van der Waals surface area contributed by atoms with Crippen molar-refractivity contribution < 1.29 is 24.2 Å². The van der Waals surface area contributed by atoms with Crippen LogP contribution in [0.4, 0.5) is 4.79 Å². The standard InChI is InChI=1S/C13H23NO5/c1-5-9(10(15)16)13(6-7-18-8-13)14-11(17)19-12(2,3)4/h9H,5-8H2,1-4H3,(H,14,17)(H,15,16). The van der Waals surface area contributed by atoms with Crippen LogP contribution < -0.4 is 5.32 Å². The number of carboxylic acids is 1. The predicted octanol–water partition coefficient (Wildman–Crippen LogP) is 1.78. The first kappa shape index (κ1) is 15.8. The Morgan fingerprint density at radius 2 is 2.11 bits per heavy atom. The predicted molar refractivity (Wildman–Crippen MR) is 69.0 cm³/mol. The molecule has 6 nitrogen and oxygen atoms in total. The van der Waals surface area contributed by atoms with Gasteiger partial charge in [0.15, 0.2) is 0 Å². The summed E-state index contributed by atoms with van der Waals surface area (Å²) in [4.78, 5) is 23.2. The third-order valence-corrected chi connectivity index (χ3v) is 3.18. The molecule has 19 heavy (non-hydrogen) atoms. The van der Waals surface area contributed by atoms with Gasteiger partial charge in [-0.3, -0.25) is 4.79 Å². The summed E-state index contributed by atoms with van der Waals surface area (Å²) >= 11 is 0. The molecule has 2 atom stereocenters. The van der Waals surface area contributed by atoms with E-state index in [9.17, 15) is 14.7 Å². The molecule has 0 aromatic rings. The largest absolute Gasteiger partial charge is 0.481 e. The average molecular weight is 273 g/mol. The Morgan fingerprint density at radius 1 is 1.47 bits per heavy atom. The molecule has 0 bridgehead atoms. The van der Waals surface area contributed by atoms with Gasteiger partial charge in [-0.25, -0.2) is 4.79 Å². The second kappa shape index (κ2) is 5.77. The Hall–Kier alpha value is -1.30. The quantitative estimate of drug-likeness (QED) is 0.815. The molecule has 1 rings (SSSR count). The molecular formula is C13H23NO5. The summed E-state index contributed by atoms with van der Waals surface area (Å²) in [5.74, 6) is -1.61. The summed E-state index contributed by atoms with van der Waals surface area (Å²) in [5.41, 5.74) is -1.49. The van der Waals surface area contributed by atoms with Crippen LogP contribution in [0.25, 0.3) is 0 Å². The van der Waals surface area contributed by atoms with Gasteiger partial charge in [0, 0.05) is 6.61 Å². The highest BCUT2D eigenvalue weighted by molar-refractivity contribution is 5.75. The molecule has 6 heteroatoms. The van der Waals surface area contributed by atoms with Gasteiger partial charge in [-0.1, -0.05) is 6.92 Å². The van der Waals surface area contributed by atoms with E-state index in [1.807, 2.05) is 0 Å². The van der Waals surface area contributed by atoms with E-state index in [1.165, 1.54) is 0 Å². The van der Waals surface area contributed by atoms with Gasteiger partial charge in [0.25, 0.3) is 0 Å². The molecule has 0 spiro atoms. The third-order valence-electron chi connectivity index (χ3n) is 3.18. The number of aliphatic carboxylic acids is 1. The number of carbonyl (C=O) groups is 2. The highest BCUT2D eigenvalue weighted by Gasteiger charge is 2.47. The molecule has 1 fully saturated rings. The van der Waals surface area contributed by atoms with Crippen LogP contribution in [0.2, 0.25) is 0 Å². The third kappa shape index (κ3) is 4.09. The first-order valence-electron chi connectivity index (χ1n) is 6.52. The Balaban J connectivity index is 2.83. The highest BCUT2D eigenvalue weighted by Crippen LogP contribution is 2.30. The van der Waals surface area contributed by atoms with Gasteiger partial charge in [0.1, 0.15) is 5.60 Å². The number of alkyl carbamates (subject to hydrolysis) is 1. The van der Waals surface area contributed by atoms with E-state index in [0.717, 1.165) is 0 Å². The van der Waals surface area contributed by atoms with E-state index < -0.39 is 29.1 Å². The number of hydrogen-bond acceptors (Lipinski definition) is 4. The summed E-state index contributed by atoms with van der Waals surface area (Å²) in [6.45, 7) is 7.73. The zero-order valence-electron chi connectivity index (χ0n) is 12.0. The minimum Gasteiger partial charge on any atom is -0.481 e. The fraction of sp³-hybridized carbons (Fsp3) is 0.846. The number of nitrogens with one attached hydrogen (secondary N) is 1. The number of ether oxygens (including phenoxy) is 2. The number of carboxylic acid groups (broad SMARTS) is 1. The van der Waals surface area contributed by atoms with Gasteiger partial charge in [-0.05, 0) is 33.6 Å². The summed E-state index contributed by atoms with van der Waals surface area (Å²) in [5, 5.41) is 12.0. The van der Waals surface area contributed by atoms with Crippen LogP contribution in [0.3, 0.4) is 0 Å². The van der Waals surface area contributed by atoms with Crippen LogP contribution in [0.1, 0.15) is 40.5 Å². The van der Waals surface area contributed by atoms with E-state index in [2.05, 4.69) is 5.32 Å². The van der Waals surface area contributed by atoms with Crippen molar-refractivity contribution in [1.82, 2.24) is 5.32 Å². The van der Waals surface area contributed by atoms with Crippen molar-refractivity contribution in [2.24, 2.45) is 5.92 Å². The maximum absolute atomic E-state index is 11.9. The topological polar surface area (TPSA) is 84.9 Å². The van der Waals surface area contributed by atoms with E-state index in [0.29, 0.717) is 19.4 Å². The molecular weight excluding hydrogens is 250 g/mol. The van der Waals surface area contributed by atoms with Crippen LogP contribution in [0.5, 0.6) is 0 Å². The smallest absolute Gasteiger partial charge is 0.408 e. The van der Waals surface area contributed by atoms with Gasteiger partial charge >= 0.3 is 12.1 Å². The second-order valence-corrected chi connectivity index (χ2v) is 5.88. The van der Waals surface area contributed by atoms with Crippen LogP contribution >= 0.6 is 0 Å². The van der Waals surface area contributed by atoms with Crippen LogP contribution in [-0.4, -0.2) is 41.5 Å².